The van der Waals surface area contributed by atoms with Crippen LogP contribution in [0.2, 0.25) is 0 Å². The van der Waals surface area contributed by atoms with Gasteiger partial charge in [0.1, 0.15) is 0 Å². The second-order valence-electron chi connectivity index (χ2n) is 3.95. The van der Waals surface area contributed by atoms with Crippen LogP contribution in [0.25, 0.3) is 0 Å². The normalized spacial score (nSPS) is 10.3. The molecular weight excluding hydrogens is 226 g/mol. The number of nitrogens with two attached hydrogens (primary N) is 1. The topological polar surface area (TPSA) is 67.9 Å². The molecule has 0 aliphatic heterocycles. The first-order chi connectivity index (χ1) is 8.85. The molecule has 0 saturated carbocycles. The van der Waals surface area contributed by atoms with Crippen molar-refractivity contribution in [1.82, 2.24) is 15.2 Å². The van der Waals surface area contributed by atoms with Crippen LogP contribution in [-0.4, -0.2) is 21.7 Å². The summed E-state index contributed by atoms with van der Waals surface area (Å²) in [5.74, 6) is 0.860. The molecule has 2 N–H and O–H groups in total. The molecule has 0 saturated heterocycles. The number of nitrogens with zero attached hydrogens (tertiary/aromatic N) is 4. The zero-order valence-electron chi connectivity index (χ0n) is 10.5. The first kappa shape index (κ1) is 12.4. The average molecular weight is 243 g/mol. The second-order valence-corrected chi connectivity index (χ2v) is 3.95. The second kappa shape index (κ2) is 6.07. The van der Waals surface area contributed by atoms with Crippen LogP contribution in [0.1, 0.15) is 18.1 Å². The smallest absolute Gasteiger partial charge is 0.156 e. The van der Waals surface area contributed by atoms with Gasteiger partial charge in [-0.2, -0.15) is 5.10 Å². The largest absolute Gasteiger partial charge is 0.351 e. The summed E-state index contributed by atoms with van der Waals surface area (Å²) in [6.45, 7) is 4.20. The standard InChI is InChI=1S/C13H17N5/c1-2-18(10-11-3-6-15-7-4-11)13-12(9-14)5-8-16-17-13/h3-8H,2,9-10,14H2,1H3. The fourth-order valence-electron chi connectivity index (χ4n) is 1.82. The van der Waals surface area contributed by atoms with Crippen LogP contribution in [-0.2, 0) is 13.1 Å². The highest BCUT2D eigenvalue weighted by molar-refractivity contribution is 5.45. The van der Waals surface area contributed by atoms with Crippen LogP contribution < -0.4 is 10.6 Å². The quantitative estimate of drug-likeness (QED) is 0.858. The summed E-state index contributed by atoms with van der Waals surface area (Å²) >= 11 is 0. The predicted octanol–water partition coefficient (Wildman–Crippen LogP) is 1.36. The highest BCUT2D eigenvalue weighted by atomic mass is 15.3. The van der Waals surface area contributed by atoms with Gasteiger partial charge in [-0.15, -0.1) is 5.10 Å². The summed E-state index contributed by atoms with van der Waals surface area (Å²) < 4.78 is 0. The van der Waals surface area contributed by atoms with E-state index in [1.165, 1.54) is 5.56 Å². The van der Waals surface area contributed by atoms with Crippen molar-refractivity contribution in [1.29, 1.82) is 0 Å². The minimum absolute atomic E-state index is 0.470. The maximum Gasteiger partial charge on any atom is 0.156 e. The molecule has 0 aromatic carbocycles. The summed E-state index contributed by atoms with van der Waals surface area (Å²) in [5, 5.41) is 8.14. The van der Waals surface area contributed by atoms with E-state index in [-0.39, 0.29) is 0 Å². The summed E-state index contributed by atoms with van der Waals surface area (Å²) in [6.07, 6.45) is 5.26. The molecule has 2 aromatic heterocycles. The van der Waals surface area contributed by atoms with Gasteiger partial charge in [0.15, 0.2) is 5.82 Å². The number of aromatic nitrogens is 3. The lowest BCUT2D eigenvalue weighted by Crippen LogP contribution is -2.25. The number of pyridine rings is 1. The van der Waals surface area contributed by atoms with Gasteiger partial charge in [-0.1, -0.05) is 0 Å². The molecule has 0 fully saturated rings. The van der Waals surface area contributed by atoms with E-state index in [0.717, 1.165) is 24.5 Å². The van der Waals surface area contributed by atoms with Gasteiger partial charge in [0, 0.05) is 37.6 Å². The zero-order chi connectivity index (χ0) is 12.8. The van der Waals surface area contributed by atoms with Crippen molar-refractivity contribution in [2.45, 2.75) is 20.0 Å². The third-order valence-corrected chi connectivity index (χ3v) is 2.81. The van der Waals surface area contributed by atoms with Crippen LogP contribution >= 0.6 is 0 Å². The predicted molar refractivity (Wildman–Crippen MR) is 70.9 cm³/mol. The van der Waals surface area contributed by atoms with Gasteiger partial charge in [0.2, 0.25) is 0 Å². The lowest BCUT2D eigenvalue weighted by atomic mass is 10.2. The van der Waals surface area contributed by atoms with Crippen molar-refractivity contribution in [2.24, 2.45) is 5.73 Å². The molecule has 0 aliphatic rings. The van der Waals surface area contributed by atoms with Crippen LogP contribution in [0.5, 0.6) is 0 Å². The van der Waals surface area contributed by atoms with Crippen molar-refractivity contribution in [2.75, 3.05) is 11.4 Å². The van der Waals surface area contributed by atoms with Crippen molar-refractivity contribution in [3.05, 3.63) is 47.9 Å². The van der Waals surface area contributed by atoms with Crippen molar-refractivity contribution in [3.8, 4) is 0 Å². The molecule has 0 bridgehead atoms. The van der Waals surface area contributed by atoms with Gasteiger partial charge in [-0.25, -0.2) is 0 Å². The van der Waals surface area contributed by atoms with Gasteiger partial charge in [0.05, 0.1) is 6.20 Å². The molecule has 5 nitrogen and oxygen atoms in total. The van der Waals surface area contributed by atoms with E-state index in [1.807, 2.05) is 18.2 Å². The zero-order valence-corrected chi connectivity index (χ0v) is 10.5. The Bertz CT molecular complexity index is 486. The van der Waals surface area contributed by atoms with Gasteiger partial charge < -0.3 is 10.6 Å². The minimum atomic E-state index is 0.470. The third kappa shape index (κ3) is 2.81. The van der Waals surface area contributed by atoms with E-state index in [4.69, 9.17) is 5.73 Å². The summed E-state index contributed by atoms with van der Waals surface area (Å²) in [5.41, 5.74) is 7.94. The van der Waals surface area contributed by atoms with Crippen LogP contribution in [0.4, 0.5) is 5.82 Å². The monoisotopic (exact) mass is 243 g/mol. The lowest BCUT2D eigenvalue weighted by Gasteiger charge is -2.23. The number of hydrogen-bond donors (Lipinski definition) is 1. The van der Waals surface area contributed by atoms with Gasteiger partial charge >= 0.3 is 0 Å². The summed E-state index contributed by atoms with van der Waals surface area (Å²) in [6, 6.07) is 5.92. The van der Waals surface area contributed by atoms with Crippen molar-refractivity contribution in [3.63, 3.8) is 0 Å². The molecule has 0 amide bonds. The molecule has 18 heavy (non-hydrogen) atoms. The fourth-order valence-corrected chi connectivity index (χ4v) is 1.82. The summed E-state index contributed by atoms with van der Waals surface area (Å²) in [7, 11) is 0. The Morgan fingerprint density at radius 2 is 1.94 bits per heavy atom. The Balaban J connectivity index is 2.23. The van der Waals surface area contributed by atoms with E-state index in [1.54, 1.807) is 18.6 Å². The Labute approximate surface area is 107 Å². The minimum Gasteiger partial charge on any atom is -0.351 e. The Morgan fingerprint density at radius 1 is 1.17 bits per heavy atom. The van der Waals surface area contributed by atoms with Crippen LogP contribution in [0.3, 0.4) is 0 Å². The van der Waals surface area contributed by atoms with Gasteiger partial charge in [-0.05, 0) is 30.7 Å². The molecule has 0 unspecified atom stereocenters. The van der Waals surface area contributed by atoms with Crippen molar-refractivity contribution >= 4 is 5.82 Å². The van der Waals surface area contributed by atoms with Gasteiger partial charge in [-0.3, -0.25) is 4.98 Å². The molecule has 0 radical (unpaired) electrons. The Kier molecular flexibility index (Phi) is 4.20. The molecule has 0 atom stereocenters. The fraction of sp³-hybridized carbons (Fsp3) is 0.308. The molecule has 0 aliphatic carbocycles. The maximum atomic E-state index is 5.73. The summed E-state index contributed by atoms with van der Waals surface area (Å²) in [4.78, 5) is 6.18. The average Bonchev–Trinajstić information content (AvgIpc) is 2.46. The molecule has 2 rings (SSSR count). The molecule has 2 aromatic rings. The van der Waals surface area contributed by atoms with E-state index in [2.05, 4.69) is 27.0 Å². The Morgan fingerprint density at radius 3 is 2.61 bits per heavy atom. The molecule has 2 heterocycles. The van der Waals surface area contributed by atoms with E-state index in [0.29, 0.717) is 6.54 Å². The number of anilines is 1. The lowest BCUT2D eigenvalue weighted by molar-refractivity contribution is 0.781. The molecule has 94 valence electrons. The van der Waals surface area contributed by atoms with Crippen LogP contribution in [0.15, 0.2) is 36.8 Å². The number of hydrogen-bond acceptors (Lipinski definition) is 5. The van der Waals surface area contributed by atoms with Crippen molar-refractivity contribution < 1.29 is 0 Å². The molecular formula is C13H17N5. The Hall–Kier alpha value is -2.01. The molecule has 5 heteroatoms. The third-order valence-electron chi connectivity index (χ3n) is 2.81. The van der Waals surface area contributed by atoms with E-state index < -0.39 is 0 Å². The van der Waals surface area contributed by atoms with Crippen LogP contribution in [0, 0.1) is 0 Å². The SMILES string of the molecule is CCN(Cc1ccncc1)c1nnccc1CN. The highest BCUT2D eigenvalue weighted by Crippen LogP contribution is 2.17. The maximum absolute atomic E-state index is 5.73. The highest BCUT2D eigenvalue weighted by Gasteiger charge is 2.11. The van der Waals surface area contributed by atoms with Gasteiger partial charge in [0.25, 0.3) is 0 Å². The van der Waals surface area contributed by atoms with E-state index >= 15 is 0 Å². The first-order valence-electron chi connectivity index (χ1n) is 5.99. The first-order valence-corrected chi connectivity index (χ1v) is 5.99. The number of rotatable bonds is 5. The van der Waals surface area contributed by atoms with E-state index in [9.17, 15) is 0 Å². The molecule has 0 spiro atoms.